The lowest BCUT2D eigenvalue weighted by atomic mass is 9.94. The number of H-pyrrole nitrogens is 1. The van der Waals surface area contributed by atoms with Crippen molar-refractivity contribution in [2.75, 3.05) is 18.8 Å². The summed E-state index contributed by atoms with van der Waals surface area (Å²) in [5.74, 6) is 1.49. The van der Waals surface area contributed by atoms with Crippen LogP contribution >= 0.6 is 0 Å². The third kappa shape index (κ3) is 2.86. The van der Waals surface area contributed by atoms with Gasteiger partial charge in [-0.05, 0) is 50.2 Å². The Balaban J connectivity index is 1.43. The highest BCUT2D eigenvalue weighted by Gasteiger charge is 2.27. The molecule has 0 bridgehead atoms. The predicted molar refractivity (Wildman–Crippen MR) is 89.6 cm³/mol. The van der Waals surface area contributed by atoms with Crippen LogP contribution in [0.15, 0.2) is 12.3 Å². The smallest absolute Gasteiger partial charge is 0.255 e. The lowest BCUT2D eigenvalue weighted by molar-refractivity contribution is 0.0710. The number of rotatable bonds is 2. The number of nitrogens with two attached hydrogens (primary N) is 1. The molecule has 24 heavy (non-hydrogen) atoms. The Morgan fingerprint density at radius 3 is 2.79 bits per heavy atom. The van der Waals surface area contributed by atoms with Gasteiger partial charge in [0.25, 0.3) is 5.91 Å². The Morgan fingerprint density at radius 1 is 1.25 bits per heavy atom. The maximum Gasteiger partial charge on any atom is 0.255 e. The number of nitrogen functional groups attached to an aromatic ring is 1. The van der Waals surface area contributed by atoms with Crippen LogP contribution in [0.2, 0.25) is 0 Å². The molecule has 0 spiro atoms. The zero-order valence-electron chi connectivity index (χ0n) is 13.7. The van der Waals surface area contributed by atoms with E-state index in [0.717, 1.165) is 50.2 Å². The van der Waals surface area contributed by atoms with Crippen molar-refractivity contribution >= 4 is 11.9 Å². The molecule has 0 unspecified atom stereocenters. The number of nitrogens with zero attached hydrogens (tertiary/aromatic N) is 4. The van der Waals surface area contributed by atoms with Crippen molar-refractivity contribution in [3.8, 4) is 0 Å². The summed E-state index contributed by atoms with van der Waals surface area (Å²) in [4.78, 5) is 23.4. The van der Waals surface area contributed by atoms with E-state index < -0.39 is 0 Å². The number of likely N-dealkylation sites (tertiary alicyclic amines) is 1. The highest BCUT2D eigenvalue weighted by Crippen LogP contribution is 2.27. The van der Waals surface area contributed by atoms with Crippen LogP contribution < -0.4 is 5.73 Å². The molecule has 1 saturated heterocycles. The van der Waals surface area contributed by atoms with E-state index in [0.29, 0.717) is 5.92 Å². The van der Waals surface area contributed by atoms with Crippen molar-refractivity contribution in [3.05, 3.63) is 34.9 Å². The first-order valence-corrected chi connectivity index (χ1v) is 8.65. The molecule has 2 aliphatic rings. The third-order valence-electron chi connectivity index (χ3n) is 5.11. The van der Waals surface area contributed by atoms with Crippen LogP contribution in [-0.2, 0) is 12.8 Å². The Kier molecular flexibility index (Phi) is 3.92. The number of hydrogen-bond acceptors (Lipinski definition) is 5. The number of hydrogen-bond donors (Lipinski definition) is 2. The van der Waals surface area contributed by atoms with Crippen LogP contribution in [0, 0.1) is 0 Å². The molecule has 1 aliphatic carbocycles. The molecule has 1 amide bonds. The molecule has 0 radical (unpaired) electrons. The second-order valence-corrected chi connectivity index (χ2v) is 6.68. The standard InChI is InChI=1S/C17H22N6O/c18-17-20-15(21-22-17)11-5-7-23(8-6-11)16(24)13-9-12-3-1-2-4-14(12)19-10-13/h9-11H,1-8H2,(H3,18,20,21,22). The topological polar surface area (TPSA) is 101 Å². The summed E-state index contributed by atoms with van der Waals surface area (Å²) in [6.07, 6.45) is 7.96. The van der Waals surface area contributed by atoms with E-state index in [-0.39, 0.29) is 11.9 Å². The number of aromatic nitrogens is 4. The lowest BCUT2D eigenvalue weighted by Gasteiger charge is -2.31. The number of fused-ring (bicyclic) bond motifs is 1. The van der Waals surface area contributed by atoms with Gasteiger partial charge in [-0.25, -0.2) is 0 Å². The highest BCUT2D eigenvalue weighted by atomic mass is 16.2. The van der Waals surface area contributed by atoms with Crippen molar-refractivity contribution < 1.29 is 4.79 Å². The fourth-order valence-electron chi connectivity index (χ4n) is 3.71. The molecular weight excluding hydrogens is 304 g/mol. The number of anilines is 1. The number of piperidine rings is 1. The molecule has 2 aromatic heterocycles. The normalized spacial score (nSPS) is 18.4. The molecular formula is C17H22N6O. The average Bonchev–Trinajstić information content (AvgIpc) is 3.07. The first-order chi connectivity index (χ1) is 11.7. The molecule has 0 aromatic carbocycles. The molecule has 3 N–H and O–H groups in total. The van der Waals surface area contributed by atoms with E-state index >= 15 is 0 Å². The van der Waals surface area contributed by atoms with Crippen molar-refractivity contribution in [1.82, 2.24) is 25.1 Å². The molecule has 0 saturated carbocycles. The van der Waals surface area contributed by atoms with Gasteiger partial charge in [0.2, 0.25) is 5.95 Å². The second-order valence-electron chi connectivity index (χ2n) is 6.68. The number of aryl methyl sites for hydroxylation is 2. The van der Waals surface area contributed by atoms with E-state index in [1.165, 1.54) is 24.1 Å². The van der Waals surface area contributed by atoms with E-state index in [9.17, 15) is 4.79 Å². The molecule has 4 rings (SSSR count). The van der Waals surface area contributed by atoms with Crippen molar-refractivity contribution in [1.29, 1.82) is 0 Å². The minimum Gasteiger partial charge on any atom is -0.367 e. The van der Waals surface area contributed by atoms with Gasteiger partial charge >= 0.3 is 0 Å². The number of carbonyl (C=O) groups is 1. The lowest BCUT2D eigenvalue weighted by Crippen LogP contribution is -2.38. The third-order valence-corrected chi connectivity index (χ3v) is 5.11. The minimum atomic E-state index is 0.0893. The summed E-state index contributed by atoms with van der Waals surface area (Å²) in [5.41, 5.74) is 8.70. The molecule has 7 heteroatoms. The fraction of sp³-hybridized carbons (Fsp3) is 0.529. The van der Waals surface area contributed by atoms with Crippen molar-refractivity contribution in [3.63, 3.8) is 0 Å². The zero-order chi connectivity index (χ0) is 16.5. The van der Waals surface area contributed by atoms with Gasteiger partial charge in [-0.1, -0.05) is 0 Å². The summed E-state index contributed by atoms with van der Waals surface area (Å²) in [7, 11) is 0. The summed E-state index contributed by atoms with van der Waals surface area (Å²) < 4.78 is 0. The number of amides is 1. The first-order valence-electron chi connectivity index (χ1n) is 8.65. The maximum atomic E-state index is 12.8. The van der Waals surface area contributed by atoms with Crippen LogP contribution in [0.1, 0.15) is 59.0 Å². The molecule has 126 valence electrons. The quantitative estimate of drug-likeness (QED) is 0.874. The summed E-state index contributed by atoms with van der Waals surface area (Å²) in [5, 5.41) is 6.77. The van der Waals surface area contributed by atoms with Crippen LogP contribution in [0.3, 0.4) is 0 Å². The van der Waals surface area contributed by atoms with Gasteiger partial charge in [-0.3, -0.25) is 14.9 Å². The highest BCUT2D eigenvalue weighted by molar-refractivity contribution is 5.94. The van der Waals surface area contributed by atoms with Crippen LogP contribution in [0.5, 0.6) is 0 Å². The van der Waals surface area contributed by atoms with Gasteiger partial charge < -0.3 is 10.6 Å². The van der Waals surface area contributed by atoms with Crippen LogP contribution in [-0.4, -0.2) is 44.1 Å². The van der Waals surface area contributed by atoms with Crippen LogP contribution in [0.4, 0.5) is 5.95 Å². The average molecular weight is 326 g/mol. The van der Waals surface area contributed by atoms with Gasteiger partial charge in [0.1, 0.15) is 5.82 Å². The Hall–Kier alpha value is -2.44. The Morgan fingerprint density at radius 2 is 2.04 bits per heavy atom. The minimum absolute atomic E-state index is 0.0893. The zero-order valence-corrected chi connectivity index (χ0v) is 13.7. The SMILES string of the molecule is Nc1n[nH]c(C2CCN(C(=O)c3cnc4c(c3)CCCC4)CC2)n1. The summed E-state index contributed by atoms with van der Waals surface area (Å²) >= 11 is 0. The Labute approximate surface area is 140 Å². The monoisotopic (exact) mass is 326 g/mol. The summed E-state index contributed by atoms with van der Waals surface area (Å²) in [6.45, 7) is 1.45. The fourth-order valence-corrected chi connectivity index (χ4v) is 3.71. The predicted octanol–water partition coefficient (Wildman–Crippen LogP) is 1.68. The van der Waals surface area contributed by atoms with Crippen LogP contribution in [0.25, 0.3) is 0 Å². The van der Waals surface area contributed by atoms with Gasteiger partial charge in [0, 0.05) is 30.9 Å². The van der Waals surface area contributed by atoms with E-state index in [2.05, 4.69) is 20.2 Å². The number of nitrogens with one attached hydrogen (secondary N) is 1. The maximum absolute atomic E-state index is 12.8. The van der Waals surface area contributed by atoms with Gasteiger partial charge in [-0.2, -0.15) is 4.98 Å². The van der Waals surface area contributed by atoms with Crippen molar-refractivity contribution in [2.24, 2.45) is 0 Å². The largest absolute Gasteiger partial charge is 0.367 e. The summed E-state index contributed by atoms with van der Waals surface area (Å²) in [6, 6.07) is 2.05. The number of pyridine rings is 1. The molecule has 3 heterocycles. The van der Waals surface area contributed by atoms with E-state index in [1.807, 2.05) is 11.0 Å². The van der Waals surface area contributed by atoms with E-state index in [4.69, 9.17) is 5.73 Å². The Bertz CT molecular complexity index is 747. The molecule has 2 aromatic rings. The molecule has 1 aliphatic heterocycles. The van der Waals surface area contributed by atoms with Gasteiger partial charge in [-0.15, -0.1) is 5.10 Å². The molecule has 7 nitrogen and oxygen atoms in total. The molecule has 0 atom stereocenters. The van der Waals surface area contributed by atoms with E-state index in [1.54, 1.807) is 6.20 Å². The first kappa shape index (κ1) is 15.1. The number of aromatic amines is 1. The van der Waals surface area contributed by atoms with Crippen molar-refractivity contribution in [2.45, 2.75) is 44.4 Å². The number of carbonyl (C=O) groups excluding carboxylic acids is 1. The second kappa shape index (κ2) is 6.22. The molecule has 1 fully saturated rings. The van der Waals surface area contributed by atoms with Gasteiger partial charge in [0.15, 0.2) is 0 Å². The van der Waals surface area contributed by atoms with Gasteiger partial charge in [0.05, 0.1) is 5.56 Å².